The molecule has 5 heteroatoms. The number of carboxylic acid groups (broad SMARTS) is 1. The molecule has 0 fully saturated rings. The van der Waals surface area contributed by atoms with Crippen LogP contribution in [0.3, 0.4) is 0 Å². The van der Waals surface area contributed by atoms with E-state index in [-0.39, 0.29) is 17.1 Å². The Hall–Kier alpha value is -0.0905. The largest absolute Gasteiger partial charge is 0.480 e. The summed E-state index contributed by atoms with van der Waals surface area (Å²) < 4.78 is 0. The van der Waals surface area contributed by atoms with E-state index in [1.165, 1.54) is 0 Å². The van der Waals surface area contributed by atoms with Crippen LogP contribution in [-0.2, 0) is 21.9 Å². The molecule has 0 aliphatic carbocycles. The Morgan fingerprint density at radius 3 is 2.50 bits per heavy atom. The van der Waals surface area contributed by atoms with Crippen molar-refractivity contribution in [1.29, 1.82) is 0 Å². The topological polar surface area (TPSA) is 75.3 Å². The van der Waals surface area contributed by atoms with Crippen molar-refractivity contribution in [3.05, 3.63) is 0 Å². The van der Waals surface area contributed by atoms with Crippen LogP contribution in [0.25, 0.3) is 0 Å². The normalized spacial score (nSPS) is 11.8. The van der Waals surface area contributed by atoms with Gasteiger partial charge >= 0.3 is 5.97 Å². The van der Waals surface area contributed by atoms with E-state index in [1.807, 2.05) is 0 Å². The van der Waals surface area contributed by atoms with Crippen LogP contribution in [0.1, 0.15) is 19.3 Å². The number of nitrogens with two attached hydrogens (primary N) is 1. The standard InChI is InChI=1S/C7H16N2O2.Cu/c1-9-6(7(10)11)4-2-3-5-8;/h6,9H,2-5,8H2,1H3,(H,10,11);. The Labute approximate surface area is 83.4 Å². The van der Waals surface area contributed by atoms with E-state index in [2.05, 4.69) is 5.32 Å². The molecule has 0 aliphatic rings. The van der Waals surface area contributed by atoms with Gasteiger partial charge in [0, 0.05) is 17.1 Å². The SMILES string of the molecule is CNC(CCCCN)C(=O)O.[Cu]. The summed E-state index contributed by atoms with van der Waals surface area (Å²) in [6, 6.07) is -0.415. The minimum absolute atomic E-state index is 0. The van der Waals surface area contributed by atoms with Gasteiger partial charge in [0.15, 0.2) is 0 Å². The summed E-state index contributed by atoms with van der Waals surface area (Å²) in [6.07, 6.45) is 2.42. The first-order valence-electron chi connectivity index (χ1n) is 3.82. The van der Waals surface area contributed by atoms with E-state index >= 15 is 0 Å². The molecule has 1 atom stereocenters. The summed E-state index contributed by atoms with van der Waals surface area (Å²) in [5.41, 5.74) is 5.26. The summed E-state index contributed by atoms with van der Waals surface area (Å²) >= 11 is 0. The second-order valence-corrected chi connectivity index (χ2v) is 2.46. The van der Waals surface area contributed by atoms with Crippen LogP contribution in [0.15, 0.2) is 0 Å². The molecule has 0 bridgehead atoms. The molecule has 0 spiro atoms. The first kappa shape index (κ1) is 14.4. The molecular weight excluding hydrogens is 208 g/mol. The van der Waals surface area contributed by atoms with Crippen molar-refractivity contribution in [2.45, 2.75) is 25.3 Å². The fourth-order valence-electron chi connectivity index (χ4n) is 0.884. The van der Waals surface area contributed by atoms with Crippen LogP contribution < -0.4 is 11.1 Å². The van der Waals surface area contributed by atoms with Crippen molar-refractivity contribution in [3.63, 3.8) is 0 Å². The molecule has 0 saturated carbocycles. The molecule has 1 radical (unpaired) electrons. The molecule has 0 aromatic carbocycles. The zero-order valence-corrected chi connectivity index (χ0v) is 8.08. The second-order valence-electron chi connectivity index (χ2n) is 2.46. The number of unbranched alkanes of at least 4 members (excludes halogenated alkanes) is 1. The Kier molecular flexibility index (Phi) is 10.8. The van der Waals surface area contributed by atoms with Gasteiger partial charge in [0.2, 0.25) is 0 Å². The first-order chi connectivity index (χ1) is 5.22. The molecule has 0 aliphatic heterocycles. The summed E-state index contributed by atoms with van der Waals surface area (Å²) in [5.74, 6) is -0.787. The zero-order valence-electron chi connectivity index (χ0n) is 7.14. The minimum atomic E-state index is -0.787. The van der Waals surface area contributed by atoms with Crippen molar-refractivity contribution >= 4 is 5.97 Å². The van der Waals surface area contributed by atoms with Gasteiger partial charge in [0.05, 0.1) is 0 Å². The van der Waals surface area contributed by atoms with Crippen LogP contribution in [0.2, 0.25) is 0 Å². The van der Waals surface area contributed by atoms with E-state index < -0.39 is 12.0 Å². The first-order valence-corrected chi connectivity index (χ1v) is 3.82. The monoisotopic (exact) mass is 223 g/mol. The summed E-state index contributed by atoms with van der Waals surface area (Å²) in [7, 11) is 1.65. The molecule has 0 amide bonds. The average molecular weight is 224 g/mol. The summed E-state index contributed by atoms with van der Waals surface area (Å²) in [5, 5.41) is 11.3. The molecule has 0 heterocycles. The van der Waals surface area contributed by atoms with E-state index in [1.54, 1.807) is 7.05 Å². The number of carbonyl (C=O) groups is 1. The van der Waals surface area contributed by atoms with Gasteiger partial charge < -0.3 is 16.2 Å². The van der Waals surface area contributed by atoms with Crippen LogP contribution in [0.5, 0.6) is 0 Å². The van der Waals surface area contributed by atoms with Gasteiger partial charge in [-0.2, -0.15) is 0 Å². The number of likely N-dealkylation sites (N-methyl/N-ethyl adjacent to an activating group) is 1. The number of hydrogen-bond acceptors (Lipinski definition) is 3. The maximum Gasteiger partial charge on any atom is 0.320 e. The Bertz CT molecular complexity index is 122. The predicted octanol–water partition coefficient (Wildman–Crippen LogP) is -0.214. The third-order valence-electron chi connectivity index (χ3n) is 1.59. The summed E-state index contributed by atoms with van der Waals surface area (Å²) in [6.45, 7) is 0.635. The Morgan fingerprint density at radius 1 is 1.58 bits per heavy atom. The van der Waals surface area contributed by atoms with Crippen LogP contribution in [-0.4, -0.2) is 30.7 Å². The van der Waals surface area contributed by atoms with Crippen LogP contribution >= 0.6 is 0 Å². The fraction of sp³-hybridized carbons (Fsp3) is 0.857. The Morgan fingerprint density at radius 2 is 2.17 bits per heavy atom. The summed E-state index contributed by atoms with van der Waals surface area (Å²) in [4.78, 5) is 10.4. The van der Waals surface area contributed by atoms with Gasteiger partial charge in [0.1, 0.15) is 6.04 Å². The number of hydrogen-bond donors (Lipinski definition) is 3. The van der Waals surface area contributed by atoms with Gasteiger partial charge in [0.25, 0.3) is 0 Å². The molecule has 0 rings (SSSR count). The van der Waals surface area contributed by atoms with Gasteiger partial charge in [-0.15, -0.1) is 0 Å². The second kappa shape index (κ2) is 9.00. The van der Waals surface area contributed by atoms with Crippen molar-refractivity contribution in [2.75, 3.05) is 13.6 Å². The molecule has 77 valence electrons. The molecule has 0 aromatic rings. The number of carboxylic acids is 1. The van der Waals surface area contributed by atoms with Gasteiger partial charge in [-0.25, -0.2) is 0 Å². The molecule has 4 nitrogen and oxygen atoms in total. The van der Waals surface area contributed by atoms with E-state index in [0.717, 1.165) is 12.8 Å². The van der Waals surface area contributed by atoms with Crippen LogP contribution in [0.4, 0.5) is 0 Å². The molecule has 1 unspecified atom stereocenters. The third-order valence-corrected chi connectivity index (χ3v) is 1.59. The van der Waals surface area contributed by atoms with Crippen molar-refractivity contribution in [2.24, 2.45) is 5.73 Å². The maximum atomic E-state index is 10.4. The van der Waals surface area contributed by atoms with E-state index in [4.69, 9.17) is 10.8 Å². The molecule has 0 aromatic heterocycles. The molecular formula is C7H16CuN2O2. The van der Waals surface area contributed by atoms with Crippen molar-refractivity contribution in [1.82, 2.24) is 5.32 Å². The van der Waals surface area contributed by atoms with Crippen molar-refractivity contribution < 1.29 is 27.0 Å². The van der Waals surface area contributed by atoms with Crippen molar-refractivity contribution in [3.8, 4) is 0 Å². The van der Waals surface area contributed by atoms with Crippen LogP contribution in [0, 0.1) is 0 Å². The average Bonchev–Trinajstić information content (AvgIpc) is 1.97. The molecule has 0 saturated heterocycles. The maximum absolute atomic E-state index is 10.4. The van der Waals surface area contributed by atoms with E-state index in [9.17, 15) is 4.79 Å². The van der Waals surface area contributed by atoms with E-state index in [0.29, 0.717) is 13.0 Å². The number of rotatable bonds is 6. The molecule has 4 N–H and O–H groups in total. The fourth-order valence-corrected chi connectivity index (χ4v) is 0.884. The van der Waals surface area contributed by atoms with Gasteiger partial charge in [-0.05, 0) is 26.4 Å². The minimum Gasteiger partial charge on any atom is -0.480 e. The predicted molar refractivity (Wildman–Crippen MR) is 43.4 cm³/mol. The number of nitrogens with one attached hydrogen (secondary N) is 1. The third kappa shape index (κ3) is 6.61. The smallest absolute Gasteiger partial charge is 0.320 e. The van der Waals surface area contributed by atoms with Gasteiger partial charge in [-0.3, -0.25) is 4.79 Å². The van der Waals surface area contributed by atoms with Gasteiger partial charge in [-0.1, -0.05) is 6.42 Å². The number of aliphatic carboxylic acids is 1. The quantitative estimate of drug-likeness (QED) is 0.430. The zero-order chi connectivity index (χ0) is 8.69. The Balaban J connectivity index is 0. The molecule has 12 heavy (non-hydrogen) atoms.